The van der Waals surface area contributed by atoms with Gasteiger partial charge < -0.3 is 35.2 Å². The van der Waals surface area contributed by atoms with Crippen LogP contribution < -0.4 is 10.6 Å². The van der Waals surface area contributed by atoms with Gasteiger partial charge in [-0.3, -0.25) is 0 Å². The van der Waals surface area contributed by atoms with Crippen LogP contribution in [0.4, 0.5) is 4.79 Å². The minimum absolute atomic E-state index is 0.00694. The Morgan fingerprint density at radius 2 is 1.57 bits per heavy atom. The normalized spacial score (nSPS) is 22.4. The van der Waals surface area contributed by atoms with E-state index in [-0.39, 0.29) is 30.8 Å². The van der Waals surface area contributed by atoms with Crippen molar-refractivity contribution < 1.29 is 24.5 Å². The number of ether oxygens (including phenoxy) is 2. The number of hydrogen-bond donors (Lipinski definition) is 4. The van der Waals surface area contributed by atoms with Gasteiger partial charge in [0.1, 0.15) is 0 Å². The maximum atomic E-state index is 11.9. The summed E-state index contributed by atoms with van der Waals surface area (Å²) >= 11 is 6.10. The number of amides is 2. The highest BCUT2D eigenvalue weighted by Gasteiger charge is 2.41. The molecule has 0 aliphatic carbocycles. The van der Waals surface area contributed by atoms with Crippen LogP contribution in [0.25, 0.3) is 11.1 Å². The van der Waals surface area contributed by atoms with Crippen molar-refractivity contribution in [3.63, 3.8) is 0 Å². The molecule has 8 nitrogen and oxygen atoms in total. The molecule has 2 fully saturated rings. The lowest BCUT2D eigenvalue weighted by Gasteiger charge is -2.45. The fourth-order valence-corrected chi connectivity index (χ4v) is 6.96. The number of carbonyl (C=O) groups excluding carboxylic acids is 1. The summed E-state index contributed by atoms with van der Waals surface area (Å²) in [7, 11) is 0. The van der Waals surface area contributed by atoms with E-state index in [0.717, 1.165) is 58.6 Å². The van der Waals surface area contributed by atoms with E-state index in [2.05, 4.69) is 58.9 Å². The van der Waals surface area contributed by atoms with Crippen LogP contribution in [0.15, 0.2) is 97.1 Å². The molecule has 4 aromatic rings. The van der Waals surface area contributed by atoms with E-state index < -0.39 is 11.9 Å². The van der Waals surface area contributed by atoms with Gasteiger partial charge in [-0.15, -0.1) is 0 Å². The fourth-order valence-electron chi connectivity index (χ4n) is 6.84. The quantitative estimate of drug-likeness (QED) is 0.142. The first kappa shape index (κ1) is 35.1. The van der Waals surface area contributed by atoms with E-state index >= 15 is 0 Å². The Morgan fingerprint density at radius 1 is 0.878 bits per heavy atom. The number of nitrogens with zero attached hydrogens (tertiary/aromatic N) is 1. The molecule has 0 spiro atoms. The van der Waals surface area contributed by atoms with Crippen molar-refractivity contribution in [2.24, 2.45) is 5.92 Å². The third-order valence-electron chi connectivity index (χ3n) is 9.86. The first-order chi connectivity index (χ1) is 23.7. The van der Waals surface area contributed by atoms with Gasteiger partial charge >= 0.3 is 6.03 Å². The van der Waals surface area contributed by atoms with Gasteiger partial charge in [-0.25, -0.2) is 4.79 Å². The Morgan fingerprint density at radius 3 is 2.24 bits per heavy atom. The second-order valence-electron chi connectivity index (χ2n) is 13.2. The van der Waals surface area contributed by atoms with Crippen molar-refractivity contribution in [1.29, 1.82) is 0 Å². The minimum atomic E-state index is -0.871. The Balaban J connectivity index is 1.17. The molecule has 4 atom stereocenters. The Labute approximate surface area is 294 Å². The highest BCUT2D eigenvalue weighted by atomic mass is 35.5. The van der Waals surface area contributed by atoms with Crippen LogP contribution in [0.5, 0.6) is 0 Å². The fraction of sp³-hybridized carbons (Fsp3) is 0.375. The molecule has 9 heteroatoms. The van der Waals surface area contributed by atoms with Gasteiger partial charge in [-0.05, 0) is 71.3 Å². The zero-order valence-corrected chi connectivity index (χ0v) is 28.9. The Kier molecular flexibility index (Phi) is 11.3. The van der Waals surface area contributed by atoms with Gasteiger partial charge in [0, 0.05) is 49.2 Å². The average Bonchev–Trinajstić information content (AvgIpc) is 3.13. The molecule has 6 rings (SSSR count). The summed E-state index contributed by atoms with van der Waals surface area (Å²) in [5.41, 5.74) is 6.01. The van der Waals surface area contributed by atoms with Crippen molar-refractivity contribution in [1.82, 2.24) is 15.5 Å². The zero-order chi connectivity index (χ0) is 34.4. The van der Waals surface area contributed by atoms with Gasteiger partial charge in [0.05, 0.1) is 24.4 Å². The van der Waals surface area contributed by atoms with Crippen LogP contribution in [0.2, 0.25) is 5.02 Å². The van der Waals surface area contributed by atoms with Crippen molar-refractivity contribution in [2.45, 2.75) is 63.9 Å². The second kappa shape index (κ2) is 15.9. The van der Waals surface area contributed by atoms with Crippen LogP contribution in [0.1, 0.15) is 66.9 Å². The SMILES string of the molecule is CCNC(=O)NCc1cccc(-c2ccc([C@@H]3O[C@H](CN4CCC(O)(c5ccc(Cl)cc5)CC4)[C@H](C)[C@H](c4ccc(CO)cc4)O3)cc2)c1. The molecule has 2 saturated heterocycles. The molecule has 2 aliphatic heterocycles. The summed E-state index contributed by atoms with van der Waals surface area (Å²) in [6.07, 6.45) is 0.373. The number of rotatable bonds is 10. The topological polar surface area (TPSA) is 103 Å². The van der Waals surface area contributed by atoms with E-state index in [1.807, 2.05) is 67.6 Å². The van der Waals surface area contributed by atoms with E-state index in [9.17, 15) is 15.0 Å². The molecule has 258 valence electrons. The predicted molar refractivity (Wildman–Crippen MR) is 192 cm³/mol. The maximum Gasteiger partial charge on any atom is 0.315 e. The summed E-state index contributed by atoms with van der Waals surface area (Å²) < 4.78 is 13.4. The lowest BCUT2D eigenvalue weighted by atomic mass is 9.84. The van der Waals surface area contributed by atoms with Crippen LogP contribution in [0, 0.1) is 5.92 Å². The van der Waals surface area contributed by atoms with E-state index in [1.165, 1.54) is 0 Å². The molecule has 0 bridgehead atoms. The highest BCUT2D eigenvalue weighted by molar-refractivity contribution is 6.30. The third kappa shape index (κ3) is 8.52. The molecule has 4 N–H and O–H groups in total. The van der Waals surface area contributed by atoms with E-state index in [0.29, 0.717) is 31.0 Å². The molecule has 2 amide bonds. The maximum absolute atomic E-state index is 11.9. The van der Waals surface area contributed by atoms with Crippen LogP contribution >= 0.6 is 11.6 Å². The van der Waals surface area contributed by atoms with Gasteiger partial charge in [-0.2, -0.15) is 0 Å². The Bertz CT molecular complexity index is 1670. The number of hydrogen-bond acceptors (Lipinski definition) is 6. The smallest absolute Gasteiger partial charge is 0.315 e. The van der Waals surface area contributed by atoms with Crippen molar-refractivity contribution in [3.8, 4) is 11.1 Å². The number of aliphatic hydroxyl groups excluding tert-OH is 1. The number of nitrogens with one attached hydrogen (secondary N) is 2. The summed E-state index contributed by atoms with van der Waals surface area (Å²) in [4.78, 5) is 14.3. The number of urea groups is 1. The van der Waals surface area contributed by atoms with Crippen molar-refractivity contribution in [3.05, 3.63) is 130 Å². The summed E-state index contributed by atoms with van der Waals surface area (Å²) in [5.74, 6) is 0.0586. The molecule has 49 heavy (non-hydrogen) atoms. The summed E-state index contributed by atoms with van der Waals surface area (Å²) in [6, 6.07) is 31.8. The first-order valence-electron chi connectivity index (χ1n) is 17.2. The highest BCUT2D eigenvalue weighted by Crippen LogP contribution is 2.43. The van der Waals surface area contributed by atoms with Crippen molar-refractivity contribution >= 4 is 17.6 Å². The van der Waals surface area contributed by atoms with Gasteiger partial charge in [0.25, 0.3) is 0 Å². The van der Waals surface area contributed by atoms with Gasteiger partial charge in [0.15, 0.2) is 6.29 Å². The lowest BCUT2D eigenvalue weighted by Crippen LogP contribution is -2.49. The number of piperidine rings is 1. The Hall–Kier alpha value is -3.76. The van der Waals surface area contributed by atoms with Crippen LogP contribution in [0.3, 0.4) is 0 Å². The molecule has 4 aromatic carbocycles. The molecule has 0 saturated carbocycles. The molecular formula is C40H46ClN3O5. The third-order valence-corrected chi connectivity index (χ3v) is 10.1. The molecule has 0 aromatic heterocycles. The summed E-state index contributed by atoms with van der Waals surface area (Å²) in [5, 5.41) is 27.4. The molecule has 2 aliphatic rings. The van der Waals surface area contributed by atoms with Crippen LogP contribution in [-0.4, -0.2) is 53.4 Å². The second-order valence-corrected chi connectivity index (χ2v) is 13.6. The molecular weight excluding hydrogens is 638 g/mol. The number of carbonyl (C=O) groups is 1. The minimum Gasteiger partial charge on any atom is -0.392 e. The predicted octanol–water partition coefficient (Wildman–Crippen LogP) is 7.09. The first-order valence-corrected chi connectivity index (χ1v) is 17.5. The average molecular weight is 684 g/mol. The number of benzene rings is 4. The monoisotopic (exact) mass is 683 g/mol. The van der Waals surface area contributed by atoms with E-state index in [1.54, 1.807) is 0 Å². The zero-order valence-electron chi connectivity index (χ0n) is 28.1. The lowest BCUT2D eigenvalue weighted by molar-refractivity contribution is -0.277. The molecule has 2 heterocycles. The molecule has 0 unspecified atom stereocenters. The number of halogens is 1. The van der Waals surface area contributed by atoms with Crippen molar-refractivity contribution in [2.75, 3.05) is 26.2 Å². The van der Waals surface area contributed by atoms with Gasteiger partial charge in [-0.1, -0.05) is 97.4 Å². The number of aliphatic hydroxyl groups is 2. The number of likely N-dealkylation sites (tertiary alicyclic amines) is 1. The largest absolute Gasteiger partial charge is 0.392 e. The van der Waals surface area contributed by atoms with Crippen LogP contribution in [-0.2, 0) is 28.2 Å². The standard InChI is InChI=1S/C40H46ClN3O5/c1-3-42-39(46)43-24-29-5-4-6-33(23-29)30-11-13-32(14-12-30)38-48-36(27(2)37(49-38)31-9-7-28(26-45)8-10-31)25-44-21-19-40(47,20-22-44)34-15-17-35(41)18-16-34/h4-18,23,27,36-38,45,47H,3,19-22,24-26H2,1-2H3,(H2,42,43,46)/t27-,36+,37+,38+/m0/s1. The van der Waals surface area contributed by atoms with Gasteiger partial charge in [0.2, 0.25) is 0 Å². The molecule has 0 radical (unpaired) electrons. The summed E-state index contributed by atoms with van der Waals surface area (Å²) in [6.45, 7) is 7.30. The van der Waals surface area contributed by atoms with E-state index in [4.69, 9.17) is 21.1 Å².